The zero-order chi connectivity index (χ0) is 25.3. The molecule has 1 atom stereocenters. The number of hydrogen-bond donors (Lipinski definition) is 1. The van der Waals surface area contributed by atoms with Crippen LogP contribution in [0.15, 0.2) is 42.5 Å². The number of aromatic nitrogens is 1. The fourth-order valence-corrected chi connectivity index (χ4v) is 4.43. The standard InChI is InChI=1S/C25H26F3NO4S/c1-6-19(32-18-11-12-20(14(2)13-18)33-24(4,5)23(30)31)21-15(3)29-22(34-21)16-7-9-17(10-8-16)25(26,27)28/h7-13,19H,6H2,1-5H3,(H,30,31)/t19-/m1/s1. The van der Waals surface area contributed by atoms with Crippen molar-refractivity contribution in [3.63, 3.8) is 0 Å². The summed E-state index contributed by atoms with van der Waals surface area (Å²) in [6.07, 6.45) is -4.03. The van der Waals surface area contributed by atoms with Gasteiger partial charge in [-0.2, -0.15) is 13.2 Å². The second-order valence-corrected chi connectivity index (χ2v) is 9.43. The van der Waals surface area contributed by atoms with Gasteiger partial charge >= 0.3 is 12.1 Å². The van der Waals surface area contributed by atoms with E-state index < -0.39 is 23.3 Å². The normalized spacial score (nSPS) is 12.9. The molecule has 1 heterocycles. The lowest BCUT2D eigenvalue weighted by Gasteiger charge is -2.23. The first-order valence-corrected chi connectivity index (χ1v) is 11.5. The summed E-state index contributed by atoms with van der Waals surface area (Å²) in [5.74, 6) is -0.0251. The van der Waals surface area contributed by atoms with Crippen LogP contribution in [-0.4, -0.2) is 21.7 Å². The molecule has 9 heteroatoms. The second kappa shape index (κ2) is 9.66. The molecule has 0 saturated carbocycles. The Hall–Kier alpha value is -3.07. The third kappa shape index (κ3) is 5.70. The summed E-state index contributed by atoms with van der Waals surface area (Å²) >= 11 is 1.39. The Morgan fingerprint density at radius 3 is 2.29 bits per heavy atom. The maximum Gasteiger partial charge on any atom is 0.416 e. The van der Waals surface area contributed by atoms with Crippen LogP contribution in [0.1, 0.15) is 55.0 Å². The summed E-state index contributed by atoms with van der Waals surface area (Å²) in [6, 6.07) is 10.1. The van der Waals surface area contributed by atoms with Crippen LogP contribution in [-0.2, 0) is 11.0 Å². The first-order chi connectivity index (χ1) is 15.8. The lowest BCUT2D eigenvalue weighted by atomic mass is 10.1. The van der Waals surface area contributed by atoms with Gasteiger partial charge in [-0.25, -0.2) is 9.78 Å². The summed E-state index contributed by atoms with van der Waals surface area (Å²) in [4.78, 5) is 16.8. The van der Waals surface area contributed by atoms with Crippen LogP contribution in [0, 0.1) is 13.8 Å². The SMILES string of the molecule is CC[C@@H](Oc1ccc(OC(C)(C)C(=O)O)c(C)c1)c1sc(-c2ccc(C(F)(F)F)cc2)nc1C. The first-order valence-electron chi connectivity index (χ1n) is 10.7. The molecule has 0 bridgehead atoms. The number of hydrogen-bond acceptors (Lipinski definition) is 5. The number of carbonyl (C=O) groups is 1. The van der Waals surface area contributed by atoms with Gasteiger partial charge in [-0.1, -0.05) is 19.1 Å². The van der Waals surface area contributed by atoms with Gasteiger partial charge in [0, 0.05) is 5.56 Å². The van der Waals surface area contributed by atoms with Crippen molar-refractivity contribution >= 4 is 17.3 Å². The van der Waals surface area contributed by atoms with E-state index in [9.17, 15) is 23.1 Å². The Bertz CT molecular complexity index is 1170. The molecule has 1 N–H and O–H groups in total. The molecule has 0 aliphatic heterocycles. The molecule has 0 aliphatic rings. The van der Waals surface area contributed by atoms with Gasteiger partial charge in [-0.3, -0.25) is 0 Å². The number of thiazole rings is 1. The highest BCUT2D eigenvalue weighted by molar-refractivity contribution is 7.15. The van der Waals surface area contributed by atoms with Crippen molar-refractivity contribution in [1.29, 1.82) is 0 Å². The van der Waals surface area contributed by atoms with Crippen molar-refractivity contribution in [3.05, 3.63) is 64.2 Å². The van der Waals surface area contributed by atoms with E-state index in [0.717, 1.165) is 28.3 Å². The number of carboxylic acid groups (broad SMARTS) is 1. The Morgan fingerprint density at radius 2 is 1.76 bits per heavy atom. The maximum atomic E-state index is 12.9. The van der Waals surface area contributed by atoms with Gasteiger partial charge in [-0.05, 0) is 70.0 Å². The van der Waals surface area contributed by atoms with Crippen LogP contribution in [0.5, 0.6) is 11.5 Å². The van der Waals surface area contributed by atoms with E-state index in [0.29, 0.717) is 28.5 Å². The van der Waals surface area contributed by atoms with Crippen LogP contribution in [0.25, 0.3) is 10.6 Å². The summed E-state index contributed by atoms with van der Waals surface area (Å²) in [6.45, 7) is 8.59. The predicted octanol–water partition coefficient (Wildman–Crippen LogP) is 7.22. The zero-order valence-electron chi connectivity index (χ0n) is 19.5. The number of rotatable bonds is 8. The van der Waals surface area contributed by atoms with Crippen molar-refractivity contribution in [3.8, 4) is 22.1 Å². The molecule has 3 aromatic rings. The topological polar surface area (TPSA) is 68.7 Å². The first kappa shape index (κ1) is 25.6. The Morgan fingerprint density at radius 1 is 1.12 bits per heavy atom. The van der Waals surface area contributed by atoms with Crippen molar-refractivity contribution < 1.29 is 32.5 Å². The minimum Gasteiger partial charge on any atom is -0.485 e. The minimum atomic E-state index is -4.38. The van der Waals surface area contributed by atoms with Crippen molar-refractivity contribution in [2.75, 3.05) is 0 Å². The number of aryl methyl sites for hydroxylation is 2. The van der Waals surface area contributed by atoms with Gasteiger partial charge in [0.15, 0.2) is 5.60 Å². The van der Waals surface area contributed by atoms with Crippen molar-refractivity contribution in [2.24, 2.45) is 0 Å². The molecular formula is C25H26F3NO4S. The molecular weight excluding hydrogens is 467 g/mol. The molecule has 0 unspecified atom stereocenters. The summed E-state index contributed by atoms with van der Waals surface area (Å²) in [5, 5.41) is 9.90. The molecule has 2 aromatic carbocycles. The quantitative estimate of drug-likeness (QED) is 0.359. The van der Waals surface area contributed by atoms with Crippen LogP contribution in [0.2, 0.25) is 0 Å². The zero-order valence-corrected chi connectivity index (χ0v) is 20.3. The average Bonchev–Trinajstić information content (AvgIpc) is 3.14. The van der Waals surface area contributed by atoms with Gasteiger partial charge in [0.25, 0.3) is 0 Å². The van der Waals surface area contributed by atoms with Crippen LogP contribution >= 0.6 is 11.3 Å². The highest BCUT2D eigenvalue weighted by Gasteiger charge is 2.31. The van der Waals surface area contributed by atoms with E-state index in [4.69, 9.17) is 9.47 Å². The van der Waals surface area contributed by atoms with E-state index >= 15 is 0 Å². The van der Waals surface area contributed by atoms with Crippen LogP contribution in [0.3, 0.4) is 0 Å². The van der Waals surface area contributed by atoms with E-state index in [1.165, 1.54) is 37.3 Å². The molecule has 1 aromatic heterocycles. The fraction of sp³-hybridized carbons (Fsp3) is 0.360. The molecule has 5 nitrogen and oxygen atoms in total. The highest BCUT2D eigenvalue weighted by Crippen LogP contribution is 2.38. The van der Waals surface area contributed by atoms with Crippen LogP contribution in [0.4, 0.5) is 13.2 Å². The van der Waals surface area contributed by atoms with E-state index in [1.54, 1.807) is 18.2 Å². The van der Waals surface area contributed by atoms with Gasteiger partial charge in [0.1, 0.15) is 22.6 Å². The number of ether oxygens (including phenoxy) is 2. The van der Waals surface area contributed by atoms with Crippen molar-refractivity contribution in [1.82, 2.24) is 4.98 Å². The Labute approximate surface area is 200 Å². The molecule has 182 valence electrons. The molecule has 34 heavy (non-hydrogen) atoms. The lowest BCUT2D eigenvalue weighted by molar-refractivity contribution is -0.152. The molecule has 0 aliphatic carbocycles. The van der Waals surface area contributed by atoms with Gasteiger partial charge in [-0.15, -0.1) is 11.3 Å². The van der Waals surface area contributed by atoms with Gasteiger partial charge in [0.2, 0.25) is 0 Å². The van der Waals surface area contributed by atoms with Crippen molar-refractivity contribution in [2.45, 2.75) is 58.9 Å². The largest absolute Gasteiger partial charge is 0.485 e. The van der Waals surface area contributed by atoms with E-state index in [1.807, 2.05) is 20.8 Å². The number of benzene rings is 2. The lowest BCUT2D eigenvalue weighted by Crippen LogP contribution is -2.38. The highest BCUT2D eigenvalue weighted by atomic mass is 32.1. The Balaban J connectivity index is 1.80. The smallest absolute Gasteiger partial charge is 0.416 e. The minimum absolute atomic E-state index is 0.303. The number of aliphatic carboxylic acids is 1. The molecule has 0 spiro atoms. The summed E-state index contributed by atoms with van der Waals surface area (Å²) in [5.41, 5.74) is 0.0301. The van der Waals surface area contributed by atoms with Crippen LogP contribution < -0.4 is 9.47 Å². The summed E-state index contributed by atoms with van der Waals surface area (Å²) in [7, 11) is 0. The fourth-order valence-electron chi connectivity index (χ4n) is 3.25. The number of alkyl halides is 3. The molecule has 0 fully saturated rings. The third-order valence-corrected chi connectivity index (χ3v) is 6.56. The van der Waals surface area contributed by atoms with Gasteiger partial charge in [0.05, 0.1) is 16.1 Å². The van der Waals surface area contributed by atoms with E-state index in [2.05, 4.69) is 4.98 Å². The molecule has 3 rings (SSSR count). The third-order valence-electron chi connectivity index (χ3n) is 5.26. The average molecular weight is 494 g/mol. The number of carboxylic acids is 1. The second-order valence-electron chi connectivity index (χ2n) is 8.40. The predicted molar refractivity (Wildman–Crippen MR) is 124 cm³/mol. The molecule has 0 saturated heterocycles. The maximum absolute atomic E-state index is 12.9. The monoisotopic (exact) mass is 493 g/mol. The summed E-state index contributed by atoms with van der Waals surface area (Å²) < 4.78 is 50.4. The Kier molecular flexibility index (Phi) is 7.26. The number of halogens is 3. The molecule has 0 amide bonds. The van der Waals surface area contributed by atoms with Gasteiger partial charge < -0.3 is 14.6 Å². The molecule has 0 radical (unpaired) electrons. The van der Waals surface area contributed by atoms with E-state index in [-0.39, 0.29) is 6.10 Å². The number of nitrogens with zero attached hydrogens (tertiary/aromatic N) is 1.